The Morgan fingerprint density at radius 1 is 1.21 bits per heavy atom. The van der Waals surface area contributed by atoms with Crippen molar-refractivity contribution >= 4 is 23.2 Å². The molecule has 1 aromatic rings. The zero-order valence-electron chi connectivity index (χ0n) is 14.6. The lowest BCUT2D eigenvalue weighted by Crippen LogP contribution is -2.17. The normalized spacial score (nSPS) is 20.2. The summed E-state index contributed by atoms with van der Waals surface area (Å²) in [5, 5.41) is 0. The number of carbonyl (C=O) groups is 2. The van der Waals surface area contributed by atoms with Crippen molar-refractivity contribution in [1.29, 1.82) is 0 Å². The molecule has 1 amide bonds. The van der Waals surface area contributed by atoms with Crippen molar-refractivity contribution in [3.05, 3.63) is 21.9 Å². The number of ketones is 1. The maximum absolute atomic E-state index is 12.3. The quantitative estimate of drug-likeness (QED) is 0.461. The molecule has 2 N–H and O–H groups in total. The molecular weight excluding hydrogens is 322 g/mol. The minimum absolute atomic E-state index is 0.286. The van der Waals surface area contributed by atoms with E-state index in [4.69, 9.17) is 10.5 Å². The highest BCUT2D eigenvalue weighted by Crippen LogP contribution is 2.41. The van der Waals surface area contributed by atoms with Gasteiger partial charge in [-0.05, 0) is 49.7 Å². The molecule has 2 atom stereocenters. The second kappa shape index (κ2) is 9.82. The number of hydrogen-bond acceptors (Lipinski definition) is 4. The Morgan fingerprint density at radius 3 is 2.75 bits per heavy atom. The maximum Gasteiger partial charge on any atom is 0.404 e. The Morgan fingerprint density at radius 2 is 2.00 bits per heavy atom. The molecular formula is C19H29NO3S. The Balaban J connectivity index is 1.76. The number of carbonyl (C=O) groups excluding carboxylic acids is 2. The van der Waals surface area contributed by atoms with Crippen molar-refractivity contribution in [2.45, 2.75) is 70.6 Å². The van der Waals surface area contributed by atoms with Crippen molar-refractivity contribution in [2.75, 3.05) is 6.61 Å². The van der Waals surface area contributed by atoms with Crippen LogP contribution in [0.5, 0.6) is 0 Å². The summed E-state index contributed by atoms with van der Waals surface area (Å²) in [6.07, 6.45) is 9.02. The van der Waals surface area contributed by atoms with Gasteiger partial charge in [0.15, 0.2) is 5.78 Å². The topological polar surface area (TPSA) is 69.4 Å². The second-order valence-corrected chi connectivity index (χ2v) is 7.91. The third-order valence-electron chi connectivity index (χ3n) is 4.81. The Bertz CT molecular complexity index is 540. The molecule has 0 spiro atoms. The maximum atomic E-state index is 12.3. The molecule has 24 heavy (non-hydrogen) atoms. The van der Waals surface area contributed by atoms with E-state index in [1.807, 2.05) is 6.07 Å². The molecule has 5 heteroatoms. The lowest BCUT2D eigenvalue weighted by molar-refractivity contribution is 0.0983. The zero-order chi connectivity index (χ0) is 17.4. The summed E-state index contributed by atoms with van der Waals surface area (Å²) in [4.78, 5) is 25.2. The smallest absolute Gasteiger partial charge is 0.404 e. The van der Waals surface area contributed by atoms with E-state index in [1.54, 1.807) is 11.3 Å². The molecule has 1 aliphatic carbocycles. The molecule has 0 aromatic carbocycles. The van der Waals surface area contributed by atoms with Gasteiger partial charge in [0.05, 0.1) is 11.5 Å². The number of unbranched alkanes of at least 4 members (excludes halogenated alkanes) is 4. The number of ether oxygens (including phenoxy) is 1. The van der Waals surface area contributed by atoms with E-state index in [1.165, 1.54) is 24.1 Å². The molecule has 2 rings (SSSR count). The second-order valence-electron chi connectivity index (χ2n) is 6.80. The molecule has 134 valence electrons. The Hall–Kier alpha value is -1.36. The van der Waals surface area contributed by atoms with Gasteiger partial charge in [0.1, 0.15) is 0 Å². The standard InChI is InChI=1S/C19H29NO3S/c1-2-3-4-5-6-7-16(21)18-11-10-17(24-18)15-9-8-14(12-15)13-23-19(20)22/h10-11,14-15H,2-9,12-13H2,1H3,(H2,20,22)/t14-,15-/m0/s1. The van der Waals surface area contributed by atoms with Crippen LogP contribution in [0.3, 0.4) is 0 Å². The van der Waals surface area contributed by atoms with Gasteiger partial charge in [0, 0.05) is 11.3 Å². The van der Waals surface area contributed by atoms with Gasteiger partial charge in [-0.3, -0.25) is 4.79 Å². The van der Waals surface area contributed by atoms with Crippen molar-refractivity contribution in [3.8, 4) is 0 Å². The first-order valence-corrected chi connectivity index (χ1v) is 9.97. The van der Waals surface area contributed by atoms with Gasteiger partial charge in [-0.15, -0.1) is 11.3 Å². The fraction of sp³-hybridized carbons (Fsp3) is 0.684. The average molecular weight is 352 g/mol. The number of nitrogens with two attached hydrogens (primary N) is 1. The average Bonchev–Trinajstić information content (AvgIpc) is 3.21. The van der Waals surface area contributed by atoms with E-state index < -0.39 is 6.09 Å². The van der Waals surface area contributed by atoms with Gasteiger partial charge in [0.25, 0.3) is 0 Å². The third kappa shape index (κ3) is 5.93. The van der Waals surface area contributed by atoms with E-state index in [2.05, 4.69) is 13.0 Å². The summed E-state index contributed by atoms with van der Waals surface area (Å²) in [7, 11) is 0. The van der Waals surface area contributed by atoms with Crippen LogP contribution in [-0.2, 0) is 4.74 Å². The van der Waals surface area contributed by atoms with E-state index in [0.717, 1.165) is 37.0 Å². The molecule has 0 bridgehead atoms. The van der Waals surface area contributed by atoms with Crippen molar-refractivity contribution in [1.82, 2.24) is 0 Å². The third-order valence-corrected chi connectivity index (χ3v) is 6.10. The van der Waals surface area contributed by atoms with Gasteiger partial charge < -0.3 is 10.5 Å². The van der Waals surface area contributed by atoms with Gasteiger partial charge in [-0.25, -0.2) is 4.79 Å². The first-order valence-electron chi connectivity index (χ1n) is 9.15. The molecule has 0 unspecified atom stereocenters. The van der Waals surface area contributed by atoms with Gasteiger partial charge >= 0.3 is 6.09 Å². The van der Waals surface area contributed by atoms with Crippen molar-refractivity contribution < 1.29 is 14.3 Å². The molecule has 0 aliphatic heterocycles. The predicted octanol–water partition coefficient (Wildman–Crippen LogP) is 5.27. The fourth-order valence-electron chi connectivity index (χ4n) is 3.42. The number of rotatable bonds is 10. The van der Waals surface area contributed by atoms with Crippen LogP contribution in [-0.4, -0.2) is 18.5 Å². The van der Waals surface area contributed by atoms with E-state index in [-0.39, 0.29) is 5.78 Å². The lowest BCUT2D eigenvalue weighted by Gasteiger charge is -2.09. The van der Waals surface area contributed by atoms with Crippen LogP contribution in [0.4, 0.5) is 4.79 Å². The molecule has 1 aliphatic rings. The van der Waals surface area contributed by atoms with Crippen LogP contribution in [0.2, 0.25) is 0 Å². The number of hydrogen-bond donors (Lipinski definition) is 1. The van der Waals surface area contributed by atoms with Gasteiger partial charge in [-0.2, -0.15) is 0 Å². The first kappa shape index (κ1) is 19.0. The monoisotopic (exact) mass is 351 g/mol. The summed E-state index contributed by atoms with van der Waals surface area (Å²) in [6, 6.07) is 4.10. The summed E-state index contributed by atoms with van der Waals surface area (Å²) < 4.78 is 4.91. The summed E-state index contributed by atoms with van der Waals surface area (Å²) in [5.74, 6) is 1.17. The van der Waals surface area contributed by atoms with Crippen LogP contribution < -0.4 is 5.73 Å². The Labute approximate surface area is 148 Å². The van der Waals surface area contributed by atoms with Crippen LogP contribution in [0.1, 0.15) is 85.2 Å². The van der Waals surface area contributed by atoms with Crippen molar-refractivity contribution in [3.63, 3.8) is 0 Å². The minimum Gasteiger partial charge on any atom is -0.449 e. The first-order chi connectivity index (χ1) is 11.6. The van der Waals surface area contributed by atoms with E-state index in [0.29, 0.717) is 24.9 Å². The molecule has 1 fully saturated rings. The molecule has 1 saturated carbocycles. The van der Waals surface area contributed by atoms with Crippen LogP contribution in [0.25, 0.3) is 0 Å². The number of thiophene rings is 1. The summed E-state index contributed by atoms with van der Waals surface area (Å²) in [6.45, 7) is 2.62. The largest absolute Gasteiger partial charge is 0.449 e. The van der Waals surface area contributed by atoms with Crippen molar-refractivity contribution in [2.24, 2.45) is 11.7 Å². The minimum atomic E-state index is -0.693. The van der Waals surface area contributed by atoms with Crippen LogP contribution in [0, 0.1) is 5.92 Å². The highest BCUT2D eigenvalue weighted by Gasteiger charge is 2.28. The van der Waals surface area contributed by atoms with Gasteiger partial charge in [-0.1, -0.05) is 32.6 Å². The van der Waals surface area contributed by atoms with E-state index in [9.17, 15) is 9.59 Å². The number of Topliss-reactive ketones (excluding diaryl/α,β-unsaturated/α-hetero) is 1. The highest BCUT2D eigenvalue weighted by atomic mass is 32.1. The van der Waals surface area contributed by atoms with Crippen LogP contribution >= 0.6 is 11.3 Å². The molecule has 1 heterocycles. The molecule has 4 nitrogen and oxygen atoms in total. The van der Waals surface area contributed by atoms with Gasteiger partial charge in [0.2, 0.25) is 0 Å². The number of amides is 1. The van der Waals surface area contributed by atoms with Crippen LogP contribution in [0.15, 0.2) is 12.1 Å². The van der Waals surface area contributed by atoms with E-state index >= 15 is 0 Å². The summed E-state index contributed by atoms with van der Waals surface area (Å²) in [5.41, 5.74) is 5.02. The fourth-order valence-corrected chi connectivity index (χ4v) is 4.54. The SMILES string of the molecule is CCCCCCCC(=O)c1ccc([C@H]2CC[C@H](COC(N)=O)C2)s1. The number of primary amides is 1. The summed E-state index contributed by atoms with van der Waals surface area (Å²) >= 11 is 1.65. The molecule has 0 radical (unpaired) electrons. The lowest BCUT2D eigenvalue weighted by atomic mass is 10.0. The molecule has 0 saturated heterocycles. The highest BCUT2D eigenvalue weighted by molar-refractivity contribution is 7.14. The molecule has 1 aromatic heterocycles. The zero-order valence-corrected chi connectivity index (χ0v) is 15.4. The predicted molar refractivity (Wildman–Crippen MR) is 97.6 cm³/mol. The Kier molecular flexibility index (Phi) is 7.76.